The molecule has 1 heteroatoms. The Bertz CT molecular complexity index is 189. The molecule has 0 spiro atoms. The van der Waals surface area contributed by atoms with Gasteiger partial charge in [-0.3, -0.25) is 0 Å². The summed E-state index contributed by atoms with van der Waals surface area (Å²) in [5.41, 5.74) is 3.05. The molecule has 0 aromatic heterocycles. The van der Waals surface area contributed by atoms with Gasteiger partial charge in [0.15, 0.2) is 0 Å². The van der Waals surface area contributed by atoms with Crippen molar-refractivity contribution in [2.75, 3.05) is 5.33 Å². The van der Waals surface area contributed by atoms with Gasteiger partial charge in [0.1, 0.15) is 0 Å². The lowest BCUT2D eigenvalue weighted by atomic mass is 10.1. The van der Waals surface area contributed by atoms with Crippen LogP contribution in [0.4, 0.5) is 0 Å². The molecule has 0 aromatic rings. The van der Waals surface area contributed by atoms with Crippen LogP contribution in [0, 0.1) is 0 Å². The number of rotatable bonds is 7. The van der Waals surface area contributed by atoms with Crippen molar-refractivity contribution in [2.24, 2.45) is 0 Å². The summed E-state index contributed by atoms with van der Waals surface area (Å²) in [7, 11) is 0. The Morgan fingerprint density at radius 3 is 2.29 bits per heavy atom. The van der Waals surface area contributed by atoms with Crippen LogP contribution in [0.2, 0.25) is 0 Å². The number of alkyl halides is 1. The average molecular weight is 259 g/mol. The Hall–Kier alpha value is -0.0400. The monoisotopic (exact) mass is 258 g/mol. The van der Waals surface area contributed by atoms with E-state index in [1.165, 1.54) is 36.8 Å². The van der Waals surface area contributed by atoms with Crippen LogP contribution in [0.25, 0.3) is 0 Å². The van der Waals surface area contributed by atoms with Crippen LogP contribution in [-0.2, 0) is 0 Å². The Balaban J connectivity index is 3.54. The van der Waals surface area contributed by atoms with E-state index in [0.29, 0.717) is 0 Å². The highest BCUT2D eigenvalue weighted by molar-refractivity contribution is 9.09. The van der Waals surface area contributed by atoms with E-state index >= 15 is 0 Å². The van der Waals surface area contributed by atoms with Crippen LogP contribution in [0.3, 0.4) is 0 Å². The van der Waals surface area contributed by atoms with Gasteiger partial charge in [-0.05, 0) is 46.0 Å². The van der Waals surface area contributed by atoms with E-state index in [4.69, 9.17) is 0 Å². The fourth-order valence-electron chi connectivity index (χ4n) is 1.28. The molecule has 0 heterocycles. The average Bonchev–Trinajstić information content (AvgIpc) is 2.21. The first-order valence-electron chi connectivity index (χ1n) is 5.58. The van der Waals surface area contributed by atoms with Crippen molar-refractivity contribution in [3.05, 3.63) is 23.3 Å². The largest absolute Gasteiger partial charge is 0.0925 e. The van der Waals surface area contributed by atoms with Crippen molar-refractivity contribution in [1.82, 2.24) is 0 Å². The molecule has 0 nitrogen and oxygen atoms in total. The normalized spacial score (nSPS) is 13.4. The molecular formula is C13H23Br. The van der Waals surface area contributed by atoms with Crippen molar-refractivity contribution in [2.45, 2.75) is 52.9 Å². The van der Waals surface area contributed by atoms with Gasteiger partial charge in [0, 0.05) is 5.33 Å². The molecule has 0 rings (SSSR count). The minimum atomic E-state index is 1.08. The first-order chi connectivity index (χ1) is 6.70. The summed E-state index contributed by atoms with van der Waals surface area (Å²) in [6.45, 7) is 6.67. The number of allylic oxidation sites excluding steroid dienone is 4. The summed E-state index contributed by atoms with van der Waals surface area (Å²) in [6.07, 6.45) is 10.8. The Morgan fingerprint density at radius 1 is 1.07 bits per heavy atom. The number of hydrogen-bond acceptors (Lipinski definition) is 0. The van der Waals surface area contributed by atoms with Crippen LogP contribution in [0.1, 0.15) is 52.9 Å². The van der Waals surface area contributed by atoms with E-state index in [0.717, 1.165) is 11.8 Å². The smallest absolute Gasteiger partial charge is 0.00660 e. The van der Waals surface area contributed by atoms with Gasteiger partial charge in [-0.2, -0.15) is 0 Å². The predicted molar refractivity (Wildman–Crippen MR) is 70.1 cm³/mol. The topological polar surface area (TPSA) is 0 Å². The second kappa shape index (κ2) is 9.51. The van der Waals surface area contributed by atoms with E-state index in [2.05, 4.69) is 48.9 Å². The van der Waals surface area contributed by atoms with Gasteiger partial charge < -0.3 is 0 Å². The molecule has 0 aliphatic rings. The second-order valence-electron chi connectivity index (χ2n) is 3.82. The van der Waals surface area contributed by atoms with E-state index in [-0.39, 0.29) is 0 Å². The molecule has 0 saturated carbocycles. The van der Waals surface area contributed by atoms with Crippen LogP contribution in [-0.4, -0.2) is 5.33 Å². The van der Waals surface area contributed by atoms with Crippen LogP contribution in [0.5, 0.6) is 0 Å². The maximum atomic E-state index is 3.43. The van der Waals surface area contributed by atoms with Crippen molar-refractivity contribution >= 4 is 15.9 Å². The molecule has 0 aliphatic heterocycles. The van der Waals surface area contributed by atoms with E-state index in [9.17, 15) is 0 Å². The fourth-order valence-corrected chi connectivity index (χ4v) is 1.51. The zero-order valence-corrected chi connectivity index (χ0v) is 11.4. The molecule has 0 bridgehead atoms. The number of unbranched alkanes of at least 4 members (excludes halogenated alkanes) is 1. The third-order valence-corrected chi connectivity index (χ3v) is 2.89. The van der Waals surface area contributed by atoms with E-state index in [1.54, 1.807) is 0 Å². The Kier molecular flexibility index (Phi) is 9.49. The number of halogens is 1. The third kappa shape index (κ3) is 8.55. The molecule has 82 valence electrons. The highest BCUT2D eigenvalue weighted by atomic mass is 79.9. The van der Waals surface area contributed by atoms with Gasteiger partial charge in [0.05, 0.1) is 0 Å². The minimum absolute atomic E-state index is 1.08. The quantitative estimate of drug-likeness (QED) is 0.333. The van der Waals surface area contributed by atoms with E-state index < -0.39 is 0 Å². The first-order valence-corrected chi connectivity index (χ1v) is 6.70. The minimum Gasteiger partial charge on any atom is -0.0925 e. The Labute approximate surface area is 97.6 Å². The standard InChI is InChI=1S/C13H23Br/c1-4-12(2)8-5-6-9-13(3)10-7-11-14/h8,10H,4-7,9,11H2,1-3H3. The third-order valence-electron chi connectivity index (χ3n) is 2.43. The van der Waals surface area contributed by atoms with Gasteiger partial charge in [0.25, 0.3) is 0 Å². The summed E-state index contributed by atoms with van der Waals surface area (Å²) >= 11 is 3.43. The highest BCUT2D eigenvalue weighted by Crippen LogP contribution is 2.10. The first kappa shape index (κ1) is 14.0. The lowest BCUT2D eigenvalue weighted by molar-refractivity contribution is 0.820. The molecule has 0 atom stereocenters. The predicted octanol–water partition coefficient (Wildman–Crippen LogP) is 5.24. The van der Waals surface area contributed by atoms with E-state index in [1.807, 2.05) is 0 Å². The molecular weight excluding hydrogens is 236 g/mol. The maximum absolute atomic E-state index is 3.43. The van der Waals surface area contributed by atoms with Crippen molar-refractivity contribution in [1.29, 1.82) is 0 Å². The molecule has 14 heavy (non-hydrogen) atoms. The van der Waals surface area contributed by atoms with Gasteiger partial charge in [-0.1, -0.05) is 46.2 Å². The lowest BCUT2D eigenvalue weighted by Gasteiger charge is -2.00. The molecule has 0 unspecified atom stereocenters. The van der Waals surface area contributed by atoms with Crippen molar-refractivity contribution < 1.29 is 0 Å². The molecule has 0 N–H and O–H groups in total. The van der Waals surface area contributed by atoms with Crippen LogP contribution in [0.15, 0.2) is 23.3 Å². The zero-order valence-electron chi connectivity index (χ0n) is 9.78. The second-order valence-corrected chi connectivity index (χ2v) is 4.62. The molecule has 0 fully saturated rings. The summed E-state index contributed by atoms with van der Waals surface area (Å²) in [5.74, 6) is 0. The van der Waals surface area contributed by atoms with Gasteiger partial charge in [0.2, 0.25) is 0 Å². The summed E-state index contributed by atoms with van der Waals surface area (Å²) in [4.78, 5) is 0. The lowest BCUT2D eigenvalue weighted by Crippen LogP contribution is -1.80. The molecule has 0 aromatic carbocycles. The fraction of sp³-hybridized carbons (Fsp3) is 0.692. The highest BCUT2D eigenvalue weighted by Gasteiger charge is 1.90. The number of hydrogen-bond donors (Lipinski definition) is 0. The summed E-state index contributed by atoms with van der Waals surface area (Å²) < 4.78 is 0. The molecule has 0 radical (unpaired) electrons. The summed E-state index contributed by atoms with van der Waals surface area (Å²) in [6, 6.07) is 0. The zero-order chi connectivity index (χ0) is 10.8. The Morgan fingerprint density at radius 2 is 1.71 bits per heavy atom. The molecule has 0 aliphatic carbocycles. The van der Waals surface area contributed by atoms with Crippen LogP contribution >= 0.6 is 15.9 Å². The summed E-state index contributed by atoms with van der Waals surface area (Å²) in [5, 5.41) is 1.08. The van der Waals surface area contributed by atoms with Gasteiger partial charge >= 0.3 is 0 Å². The molecule has 0 saturated heterocycles. The maximum Gasteiger partial charge on any atom is 0.00660 e. The van der Waals surface area contributed by atoms with Crippen LogP contribution < -0.4 is 0 Å². The van der Waals surface area contributed by atoms with Crippen molar-refractivity contribution in [3.63, 3.8) is 0 Å². The molecule has 0 amide bonds. The van der Waals surface area contributed by atoms with Gasteiger partial charge in [-0.15, -0.1) is 0 Å². The SMILES string of the molecule is CCC(C)=CCCCC(C)=CCCBr. The van der Waals surface area contributed by atoms with Crippen molar-refractivity contribution in [3.8, 4) is 0 Å². The van der Waals surface area contributed by atoms with Gasteiger partial charge in [-0.25, -0.2) is 0 Å².